The first-order valence-electron chi connectivity index (χ1n) is 8.57. The maximum atomic E-state index is 5.59. The third-order valence-electron chi connectivity index (χ3n) is 4.33. The number of ether oxygens (including phenoxy) is 1. The molecule has 126 valence electrons. The van der Waals surface area contributed by atoms with Gasteiger partial charge in [0.15, 0.2) is 0 Å². The molecule has 3 aromatic carbocycles. The number of hydrogen-bond acceptors (Lipinski definition) is 1. The summed E-state index contributed by atoms with van der Waals surface area (Å²) in [5, 5.41) is 0. The van der Waals surface area contributed by atoms with E-state index in [4.69, 9.17) is 4.74 Å². The first-order chi connectivity index (χ1) is 12.8. The predicted octanol–water partition coefficient (Wildman–Crippen LogP) is 7.04. The number of benzene rings is 3. The summed E-state index contributed by atoms with van der Waals surface area (Å²) in [6.45, 7) is 0. The molecule has 0 saturated carbocycles. The van der Waals surface area contributed by atoms with E-state index < -0.39 is 0 Å². The first kappa shape index (κ1) is 16.5. The van der Waals surface area contributed by atoms with E-state index in [0.717, 1.165) is 11.3 Å². The molecule has 2 heteroatoms. The molecule has 4 rings (SSSR count). The van der Waals surface area contributed by atoms with Gasteiger partial charge < -0.3 is 4.74 Å². The summed E-state index contributed by atoms with van der Waals surface area (Å²) in [5.41, 5.74) is 4.73. The topological polar surface area (TPSA) is 9.23 Å². The van der Waals surface area contributed by atoms with E-state index in [1.165, 1.54) is 26.4 Å². The second kappa shape index (κ2) is 7.51. The minimum absolute atomic E-state index is 0.890. The predicted molar refractivity (Wildman–Crippen MR) is 112 cm³/mol. The molecule has 1 heterocycles. The van der Waals surface area contributed by atoms with Crippen molar-refractivity contribution in [2.45, 2.75) is 0 Å². The second-order valence-corrected chi connectivity index (χ2v) is 7.09. The molecule has 26 heavy (non-hydrogen) atoms. The van der Waals surface area contributed by atoms with Gasteiger partial charge >= 0.3 is 0 Å². The molecular formula is C24H19OS+. The van der Waals surface area contributed by atoms with Crippen LogP contribution < -0.4 is 4.74 Å². The van der Waals surface area contributed by atoms with Crippen LogP contribution >= 0.6 is 11.3 Å². The van der Waals surface area contributed by atoms with Crippen LogP contribution in [0.2, 0.25) is 0 Å². The van der Waals surface area contributed by atoms with Gasteiger partial charge in [-0.1, -0.05) is 54.6 Å². The number of methoxy groups -OCH3 is 1. The molecule has 0 aliphatic heterocycles. The first-order valence-corrected chi connectivity index (χ1v) is 9.39. The lowest BCUT2D eigenvalue weighted by Gasteiger charge is -2.08. The maximum absolute atomic E-state index is 5.59. The molecule has 4 aromatic rings. The largest absolute Gasteiger partial charge is 0.496 e. The minimum atomic E-state index is 0.890. The van der Waals surface area contributed by atoms with Gasteiger partial charge in [-0.15, -0.1) is 0 Å². The molecule has 0 fully saturated rings. The Morgan fingerprint density at radius 1 is 0.577 bits per heavy atom. The van der Waals surface area contributed by atoms with E-state index in [9.17, 15) is 0 Å². The molecule has 1 aromatic heterocycles. The molecule has 1 nitrogen and oxygen atoms in total. The second-order valence-electron chi connectivity index (χ2n) is 6.01. The van der Waals surface area contributed by atoms with Gasteiger partial charge in [-0.05, 0) is 35.9 Å². The summed E-state index contributed by atoms with van der Waals surface area (Å²) in [7, 11) is 1.72. The molecule has 0 aliphatic carbocycles. The van der Waals surface area contributed by atoms with Gasteiger partial charge in [-0.2, -0.15) is 0 Å². The fraction of sp³-hybridized carbons (Fsp3) is 0.0417. The van der Waals surface area contributed by atoms with Crippen molar-refractivity contribution in [2.75, 3.05) is 7.11 Å². The van der Waals surface area contributed by atoms with Gasteiger partial charge in [0.05, 0.1) is 7.11 Å². The zero-order valence-electron chi connectivity index (χ0n) is 14.6. The zero-order valence-corrected chi connectivity index (χ0v) is 15.4. The lowest BCUT2D eigenvalue weighted by Crippen LogP contribution is -1.88. The normalized spacial score (nSPS) is 10.5. The van der Waals surface area contributed by atoms with Crippen molar-refractivity contribution in [2.24, 2.45) is 0 Å². The summed E-state index contributed by atoms with van der Waals surface area (Å²) in [5.74, 6) is 0.890. The van der Waals surface area contributed by atoms with Crippen molar-refractivity contribution in [3.63, 3.8) is 0 Å². The van der Waals surface area contributed by atoms with Crippen LogP contribution in [0.4, 0.5) is 0 Å². The third-order valence-corrected chi connectivity index (χ3v) is 5.47. The maximum Gasteiger partial charge on any atom is 0.239 e. The van der Waals surface area contributed by atoms with Crippen molar-refractivity contribution in [3.8, 4) is 37.8 Å². The summed E-state index contributed by atoms with van der Waals surface area (Å²) in [4.78, 5) is 2.49. The molecule has 0 atom stereocenters. The molecule has 0 bridgehead atoms. The van der Waals surface area contributed by atoms with Crippen LogP contribution in [-0.4, -0.2) is 7.11 Å². The quantitative estimate of drug-likeness (QED) is 0.357. The Hall–Kier alpha value is -2.97. The lowest BCUT2D eigenvalue weighted by atomic mass is 10.0. The van der Waals surface area contributed by atoms with Gasteiger partial charge in [0.1, 0.15) is 5.75 Å². The number of hydrogen-bond donors (Lipinski definition) is 0. The average molecular weight is 355 g/mol. The van der Waals surface area contributed by atoms with Crippen LogP contribution in [0, 0.1) is 0 Å². The lowest BCUT2D eigenvalue weighted by molar-refractivity contribution is 0.416. The monoisotopic (exact) mass is 355 g/mol. The van der Waals surface area contributed by atoms with Gasteiger partial charge in [0, 0.05) is 28.8 Å². The van der Waals surface area contributed by atoms with Gasteiger partial charge in [-0.25, -0.2) is 0 Å². The van der Waals surface area contributed by atoms with E-state index in [0.29, 0.717) is 0 Å². The van der Waals surface area contributed by atoms with Crippen LogP contribution in [0.15, 0.2) is 97.1 Å². The fourth-order valence-electron chi connectivity index (χ4n) is 3.03. The minimum Gasteiger partial charge on any atom is -0.496 e. The third kappa shape index (κ3) is 3.37. The van der Waals surface area contributed by atoms with E-state index in [-0.39, 0.29) is 0 Å². The Balaban J connectivity index is 1.94. The Morgan fingerprint density at radius 2 is 1.08 bits per heavy atom. The molecule has 0 amide bonds. The molecule has 0 saturated heterocycles. The van der Waals surface area contributed by atoms with E-state index in [1.54, 1.807) is 7.11 Å². The van der Waals surface area contributed by atoms with Gasteiger partial charge in [0.2, 0.25) is 21.1 Å². The zero-order chi connectivity index (χ0) is 17.8. The van der Waals surface area contributed by atoms with Crippen molar-refractivity contribution in [1.82, 2.24) is 0 Å². The Kier molecular flexibility index (Phi) is 4.76. The number of rotatable bonds is 4. The van der Waals surface area contributed by atoms with Gasteiger partial charge in [-0.3, -0.25) is 0 Å². The highest BCUT2D eigenvalue weighted by Crippen LogP contribution is 2.39. The Labute approximate surface area is 158 Å². The van der Waals surface area contributed by atoms with Crippen LogP contribution in [-0.2, 0) is 0 Å². The summed E-state index contributed by atoms with van der Waals surface area (Å²) in [6.07, 6.45) is 0. The SMILES string of the molecule is COc1ccccc1-c1cc(-c2ccccc2)[s+]c(-c2ccccc2)c1. The highest BCUT2D eigenvalue weighted by Gasteiger charge is 2.20. The van der Waals surface area contributed by atoms with Crippen LogP contribution in [0.5, 0.6) is 5.75 Å². The van der Waals surface area contributed by atoms with Crippen molar-refractivity contribution in [3.05, 3.63) is 97.1 Å². The smallest absolute Gasteiger partial charge is 0.239 e. The molecule has 0 N–H and O–H groups in total. The molecular weight excluding hydrogens is 336 g/mol. The number of para-hydroxylation sites is 1. The van der Waals surface area contributed by atoms with Crippen LogP contribution in [0.25, 0.3) is 32.0 Å². The fourth-order valence-corrected chi connectivity index (χ4v) is 4.15. The van der Waals surface area contributed by atoms with E-state index >= 15 is 0 Å². The van der Waals surface area contributed by atoms with Crippen molar-refractivity contribution < 1.29 is 4.74 Å². The Morgan fingerprint density at radius 3 is 1.62 bits per heavy atom. The molecule has 0 aliphatic rings. The van der Waals surface area contributed by atoms with Crippen LogP contribution in [0.3, 0.4) is 0 Å². The molecule has 0 unspecified atom stereocenters. The molecule has 0 radical (unpaired) electrons. The van der Waals surface area contributed by atoms with E-state index in [1.807, 2.05) is 23.5 Å². The summed E-state index contributed by atoms with van der Waals surface area (Å²) in [6, 6.07) is 33.8. The Bertz CT molecular complexity index is 953. The highest BCUT2D eigenvalue weighted by molar-refractivity contribution is 7.18. The van der Waals surface area contributed by atoms with Crippen LogP contribution in [0.1, 0.15) is 0 Å². The summed E-state index contributed by atoms with van der Waals surface area (Å²) < 4.78 is 5.59. The standard InChI is InChI=1S/C24H19OS/c1-25-22-15-9-8-14-21(22)20-16-23(18-10-4-2-5-11-18)26-24(17-20)19-12-6-3-7-13-19/h2-17H,1H3/q+1. The summed E-state index contributed by atoms with van der Waals surface area (Å²) >= 11 is 1.81. The van der Waals surface area contributed by atoms with Crippen molar-refractivity contribution >= 4 is 11.3 Å². The highest BCUT2D eigenvalue weighted by atomic mass is 32.1. The van der Waals surface area contributed by atoms with Crippen molar-refractivity contribution in [1.29, 1.82) is 0 Å². The van der Waals surface area contributed by atoms with E-state index in [2.05, 4.69) is 84.9 Å². The average Bonchev–Trinajstić information content (AvgIpc) is 2.74. The van der Waals surface area contributed by atoms with Gasteiger partial charge in [0.25, 0.3) is 0 Å². The molecule has 0 spiro atoms.